The molecule has 0 unspecified atom stereocenters. The summed E-state index contributed by atoms with van der Waals surface area (Å²) in [6.07, 6.45) is 0. The van der Waals surface area contributed by atoms with Gasteiger partial charge < -0.3 is 10.1 Å². The lowest BCUT2D eigenvalue weighted by Gasteiger charge is -2.51. The average molecular weight is 225 g/mol. The summed E-state index contributed by atoms with van der Waals surface area (Å²) < 4.78 is 31.9. The fraction of sp³-hybridized carbons (Fsp3) is 0.500. The Kier molecular flexibility index (Phi) is 2.23. The first-order chi connectivity index (χ1) is 7.72. The van der Waals surface area contributed by atoms with Gasteiger partial charge in [0.25, 0.3) is 0 Å². The van der Waals surface area contributed by atoms with Crippen LogP contribution in [0.1, 0.15) is 5.56 Å². The molecule has 0 aliphatic carbocycles. The van der Waals surface area contributed by atoms with Gasteiger partial charge in [0.15, 0.2) is 0 Å². The number of ether oxygens (including phenoxy) is 1. The molecule has 2 aliphatic rings. The summed E-state index contributed by atoms with van der Waals surface area (Å²) in [5, 5.41) is 3.18. The molecule has 16 heavy (non-hydrogen) atoms. The fourth-order valence-electron chi connectivity index (χ4n) is 2.51. The number of nitrogens with one attached hydrogen (secondary N) is 1. The van der Waals surface area contributed by atoms with Crippen LogP contribution in [0.4, 0.5) is 8.78 Å². The highest BCUT2D eigenvalue weighted by molar-refractivity contribution is 5.32. The van der Waals surface area contributed by atoms with Crippen molar-refractivity contribution in [3.63, 3.8) is 0 Å². The van der Waals surface area contributed by atoms with E-state index in [-0.39, 0.29) is 5.41 Å². The molecule has 1 N–H and O–H groups in total. The van der Waals surface area contributed by atoms with Crippen LogP contribution in [0.15, 0.2) is 18.2 Å². The van der Waals surface area contributed by atoms with Crippen LogP contribution in [-0.2, 0) is 10.2 Å². The lowest BCUT2D eigenvalue weighted by Crippen LogP contribution is -2.63. The van der Waals surface area contributed by atoms with E-state index >= 15 is 0 Å². The van der Waals surface area contributed by atoms with E-state index in [2.05, 4.69) is 5.32 Å². The number of hydrogen-bond acceptors (Lipinski definition) is 2. The molecule has 0 bridgehead atoms. The van der Waals surface area contributed by atoms with Crippen molar-refractivity contribution in [2.45, 2.75) is 5.41 Å². The molecule has 4 heteroatoms. The van der Waals surface area contributed by atoms with Crippen LogP contribution in [0.5, 0.6) is 0 Å². The Morgan fingerprint density at radius 3 is 2.44 bits per heavy atom. The first-order valence-electron chi connectivity index (χ1n) is 5.46. The molecule has 86 valence electrons. The van der Waals surface area contributed by atoms with Crippen molar-refractivity contribution in [2.75, 3.05) is 26.3 Å². The van der Waals surface area contributed by atoms with Gasteiger partial charge in [-0.25, -0.2) is 8.78 Å². The standard InChI is InChI=1S/C12H13F2NO/c13-9-1-2-10(11(14)3-9)12(6-16-7-12)8-4-15-5-8/h1-3,8,15H,4-7H2. The first kappa shape index (κ1) is 10.2. The largest absolute Gasteiger partial charge is 0.379 e. The molecule has 2 heterocycles. The number of hydrogen-bond donors (Lipinski definition) is 1. The lowest BCUT2D eigenvalue weighted by atomic mass is 9.66. The Hall–Kier alpha value is -1.00. The highest BCUT2D eigenvalue weighted by Crippen LogP contribution is 2.42. The third-order valence-electron chi connectivity index (χ3n) is 3.75. The maximum absolute atomic E-state index is 13.8. The second-order valence-electron chi connectivity index (χ2n) is 4.63. The van der Waals surface area contributed by atoms with Gasteiger partial charge in [-0.1, -0.05) is 6.07 Å². The zero-order chi connectivity index (χ0) is 11.2. The molecule has 0 aromatic heterocycles. The third kappa shape index (κ3) is 1.30. The van der Waals surface area contributed by atoms with Gasteiger partial charge in [0.05, 0.1) is 18.6 Å². The molecule has 2 aliphatic heterocycles. The number of halogens is 2. The predicted octanol–water partition coefficient (Wildman–Crippen LogP) is 1.45. The first-order valence-corrected chi connectivity index (χ1v) is 5.46. The van der Waals surface area contributed by atoms with Crippen LogP contribution in [0, 0.1) is 17.6 Å². The quantitative estimate of drug-likeness (QED) is 0.822. The lowest BCUT2D eigenvalue weighted by molar-refractivity contribution is -0.102. The van der Waals surface area contributed by atoms with E-state index in [1.807, 2.05) is 0 Å². The van der Waals surface area contributed by atoms with Gasteiger partial charge >= 0.3 is 0 Å². The Bertz CT molecular complexity index is 413. The molecule has 0 atom stereocenters. The molecule has 2 nitrogen and oxygen atoms in total. The summed E-state index contributed by atoms with van der Waals surface area (Å²) >= 11 is 0. The molecule has 1 aromatic carbocycles. The van der Waals surface area contributed by atoms with Gasteiger partial charge in [0.1, 0.15) is 11.6 Å². The molecular weight excluding hydrogens is 212 g/mol. The minimum absolute atomic E-state index is 0.233. The Morgan fingerprint density at radius 1 is 1.25 bits per heavy atom. The molecule has 0 spiro atoms. The molecule has 0 amide bonds. The number of rotatable bonds is 2. The van der Waals surface area contributed by atoms with Crippen LogP contribution in [-0.4, -0.2) is 26.3 Å². The Balaban J connectivity index is 1.99. The van der Waals surface area contributed by atoms with E-state index in [0.29, 0.717) is 24.7 Å². The molecule has 2 fully saturated rings. The predicted molar refractivity (Wildman–Crippen MR) is 55.2 cm³/mol. The van der Waals surface area contributed by atoms with Gasteiger partial charge in [0.2, 0.25) is 0 Å². The molecule has 0 radical (unpaired) electrons. The zero-order valence-corrected chi connectivity index (χ0v) is 8.80. The maximum Gasteiger partial charge on any atom is 0.130 e. The van der Waals surface area contributed by atoms with Crippen molar-refractivity contribution < 1.29 is 13.5 Å². The van der Waals surface area contributed by atoms with Crippen LogP contribution in [0.3, 0.4) is 0 Å². The van der Waals surface area contributed by atoms with E-state index < -0.39 is 11.6 Å². The normalized spacial score (nSPS) is 23.6. The van der Waals surface area contributed by atoms with Gasteiger partial charge in [-0.05, 0) is 17.5 Å². The summed E-state index contributed by atoms with van der Waals surface area (Å²) in [6.45, 7) is 2.87. The summed E-state index contributed by atoms with van der Waals surface area (Å²) in [7, 11) is 0. The molecule has 3 rings (SSSR count). The van der Waals surface area contributed by atoms with Crippen molar-refractivity contribution in [3.05, 3.63) is 35.4 Å². The van der Waals surface area contributed by atoms with Crippen LogP contribution in [0.2, 0.25) is 0 Å². The van der Waals surface area contributed by atoms with Crippen molar-refractivity contribution >= 4 is 0 Å². The van der Waals surface area contributed by atoms with Crippen molar-refractivity contribution in [1.82, 2.24) is 5.32 Å². The maximum atomic E-state index is 13.8. The fourth-order valence-corrected chi connectivity index (χ4v) is 2.51. The van der Waals surface area contributed by atoms with Gasteiger partial charge in [-0.15, -0.1) is 0 Å². The minimum Gasteiger partial charge on any atom is -0.379 e. The van der Waals surface area contributed by atoms with Crippen molar-refractivity contribution in [2.24, 2.45) is 5.92 Å². The molecule has 1 aromatic rings. The Morgan fingerprint density at radius 2 is 2.00 bits per heavy atom. The van der Waals surface area contributed by atoms with Gasteiger partial charge in [0, 0.05) is 19.2 Å². The van der Waals surface area contributed by atoms with Crippen molar-refractivity contribution in [1.29, 1.82) is 0 Å². The SMILES string of the molecule is Fc1ccc(C2(C3CNC3)COC2)c(F)c1. The monoisotopic (exact) mass is 225 g/mol. The zero-order valence-electron chi connectivity index (χ0n) is 8.80. The summed E-state index contributed by atoms with van der Waals surface area (Å²) in [6, 6.07) is 3.84. The smallest absolute Gasteiger partial charge is 0.130 e. The van der Waals surface area contributed by atoms with E-state index in [4.69, 9.17) is 4.74 Å². The molecule has 2 saturated heterocycles. The average Bonchev–Trinajstić information content (AvgIpc) is 2.09. The highest BCUT2D eigenvalue weighted by Gasteiger charge is 2.50. The van der Waals surface area contributed by atoms with Crippen molar-refractivity contribution in [3.8, 4) is 0 Å². The summed E-state index contributed by atoms with van der Waals surface area (Å²) in [4.78, 5) is 0. The second-order valence-corrected chi connectivity index (χ2v) is 4.63. The van der Waals surface area contributed by atoms with E-state index in [0.717, 1.165) is 19.2 Å². The van der Waals surface area contributed by atoms with Crippen LogP contribution < -0.4 is 5.32 Å². The minimum atomic E-state index is -0.525. The number of benzene rings is 1. The van der Waals surface area contributed by atoms with E-state index in [1.165, 1.54) is 6.07 Å². The van der Waals surface area contributed by atoms with Gasteiger partial charge in [-0.3, -0.25) is 0 Å². The third-order valence-corrected chi connectivity index (χ3v) is 3.75. The van der Waals surface area contributed by atoms with E-state index in [1.54, 1.807) is 6.07 Å². The van der Waals surface area contributed by atoms with E-state index in [9.17, 15) is 8.78 Å². The molecule has 0 saturated carbocycles. The Labute approximate surface area is 92.6 Å². The highest BCUT2D eigenvalue weighted by atomic mass is 19.1. The summed E-state index contributed by atoms with van der Waals surface area (Å²) in [5.74, 6) is -0.570. The topological polar surface area (TPSA) is 21.3 Å². The molecular formula is C12H13F2NO. The van der Waals surface area contributed by atoms with Gasteiger partial charge in [-0.2, -0.15) is 0 Å². The van der Waals surface area contributed by atoms with Crippen LogP contribution >= 0.6 is 0 Å². The summed E-state index contributed by atoms with van der Waals surface area (Å²) in [5.41, 5.74) is 0.370. The second kappa shape index (κ2) is 3.50. The van der Waals surface area contributed by atoms with Crippen LogP contribution in [0.25, 0.3) is 0 Å².